The second-order valence-corrected chi connectivity index (χ2v) is 26.9. The fourth-order valence-corrected chi connectivity index (χ4v) is 19.5. The van der Waals surface area contributed by atoms with E-state index in [0.29, 0.717) is 0 Å². The molecule has 11 rings (SSSR count). The van der Waals surface area contributed by atoms with Crippen LogP contribution in [0.3, 0.4) is 0 Å². The summed E-state index contributed by atoms with van der Waals surface area (Å²) in [6.07, 6.45) is 16.1. The van der Waals surface area contributed by atoms with Crippen LogP contribution in [0.25, 0.3) is 97.5 Å². The first-order valence-corrected chi connectivity index (χ1v) is 30.7. The van der Waals surface area contributed by atoms with E-state index < -0.39 is 8.07 Å². The second-order valence-electron chi connectivity index (χ2n) is 20.3. The van der Waals surface area contributed by atoms with Crippen molar-refractivity contribution < 1.29 is 0 Å². The van der Waals surface area contributed by atoms with Crippen molar-refractivity contribution in [3.8, 4) is 65.0 Å². The van der Waals surface area contributed by atoms with Gasteiger partial charge in [0.25, 0.3) is 0 Å². The summed E-state index contributed by atoms with van der Waals surface area (Å²) < 4.78 is 0. The van der Waals surface area contributed by atoms with Gasteiger partial charge in [-0.15, -0.1) is 22.7 Å². The quantitative estimate of drug-likeness (QED) is 0.0596. The minimum Gasteiger partial charge on any atom is -0.243 e. The molecule has 0 bridgehead atoms. The average Bonchev–Trinajstić information content (AvgIpc) is 4.14. The van der Waals surface area contributed by atoms with Gasteiger partial charge in [0, 0.05) is 41.8 Å². The number of benzene rings is 7. The van der Waals surface area contributed by atoms with Crippen LogP contribution in [0.1, 0.15) is 101 Å². The molecule has 10 aromatic rings. The van der Waals surface area contributed by atoms with Crippen LogP contribution in [0.5, 0.6) is 0 Å². The highest BCUT2D eigenvalue weighted by molar-refractivity contribution is 7.19. The van der Waals surface area contributed by atoms with Crippen LogP contribution in [0.15, 0.2) is 158 Å². The summed E-state index contributed by atoms with van der Waals surface area (Å²) in [7, 11) is -2.06. The van der Waals surface area contributed by atoms with Crippen molar-refractivity contribution in [2.75, 3.05) is 0 Å². The molecular weight excluding hydrogens is 913 g/mol. The van der Waals surface area contributed by atoms with Crippen LogP contribution in [-0.4, -0.2) is 18.0 Å². The van der Waals surface area contributed by atoms with E-state index in [9.17, 15) is 0 Å². The zero-order valence-electron chi connectivity index (χ0n) is 42.1. The Morgan fingerprint density at radius 3 is 1.45 bits per heavy atom. The Bertz CT molecular complexity index is 3500. The molecule has 0 atom stereocenters. The first-order chi connectivity index (χ1) is 34.9. The van der Waals surface area contributed by atoms with Crippen molar-refractivity contribution >= 4 is 73.7 Å². The van der Waals surface area contributed by atoms with Crippen molar-refractivity contribution in [2.24, 2.45) is 0 Å². The zero-order chi connectivity index (χ0) is 48.3. The minimum absolute atomic E-state index is 0.910. The van der Waals surface area contributed by atoms with Crippen molar-refractivity contribution in [2.45, 2.75) is 117 Å². The fraction of sp³-hybridized carbons (Fsp3) is 0.273. The van der Waals surface area contributed by atoms with Gasteiger partial charge in [-0.25, -0.2) is 9.97 Å². The number of aromatic nitrogens is 2. The molecular formula is C66H66N2S2Si. The Labute approximate surface area is 430 Å². The van der Waals surface area contributed by atoms with Gasteiger partial charge in [-0.3, -0.25) is 0 Å². The smallest absolute Gasteiger partial charge is 0.119 e. The van der Waals surface area contributed by atoms with Crippen LogP contribution in [0, 0.1) is 13.8 Å². The summed E-state index contributed by atoms with van der Waals surface area (Å²) in [4.78, 5) is 16.8. The van der Waals surface area contributed by atoms with Crippen LogP contribution in [0.4, 0.5) is 0 Å². The number of unbranched alkanes of at least 4 members (excludes halogenated alkanes) is 10. The Balaban J connectivity index is 1.06. The molecule has 4 heterocycles. The Kier molecular flexibility index (Phi) is 14.0. The summed E-state index contributed by atoms with van der Waals surface area (Å²) in [5, 5.41) is 8.16. The highest BCUT2D eigenvalue weighted by Gasteiger charge is 2.44. The molecule has 7 aromatic carbocycles. The van der Waals surface area contributed by atoms with Crippen molar-refractivity contribution in [1.82, 2.24) is 9.97 Å². The molecule has 0 N–H and O–H groups in total. The molecule has 1 aliphatic rings. The van der Waals surface area contributed by atoms with E-state index in [2.05, 4.69) is 185 Å². The third kappa shape index (κ3) is 9.27. The van der Waals surface area contributed by atoms with Gasteiger partial charge in [0.15, 0.2) is 0 Å². The molecule has 71 heavy (non-hydrogen) atoms. The first-order valence-electron chi connectivity index (χ1n) is 26.7. The summed E-state index contributed by atoms with van der Waals surface area (Å²) in [6.45, 7) is 9.17. The maximum Gasteiger partial charge on any atom is 0.119 e. The van der Waals surface area contributed by atoms with Gasteiger partial charge in [0.05, 0.1) is 22.4 Å². The number of nitrogens with zero attached hydrogens (tertiary/aromatic N) is 2. The molecule has 0 fully saturated rings. The predicted molar refractivity (Wildman–Crippen MR) is 314 cm³/mol. The van der Waals surface area contributed by atoms with Gasteiger partial charge in [0.1, 0.15) is 8.07 Å². The molecule has 0 aliphatic carbocycles. The van der Waals surface area contributed by atoms with Crippen molar-refractivity contribution in [3.63, 3.8) is 0 Å². The number of rotatable bonds is 19. The minimum atomic E-state index is -2.06. The van der Waals surface area contributed by atoms with Crippen LogP contribution in [-0.2, 0) is 0 Å². The Morgan fingerprint density at radius 1 is 0.394 bits per heavy atom. The molecule has 5 heteroatoms. The molecule has 0 unspecified atom stereocenters. The summed E-state index contributed by atoms with van der Waals surface area (Å²) in [5.74, 6) is 0. The Hall–Kier alpha value is -5.98. The lowest BCUT2D eigenvalue weighted by atomic mass is 9.94. The number of hydrogen-bond acceptors (Lipinski definition) is 4. The molecule has 0 spiro atoms. The molecule has 1 aliphatic heterocycles. The molecule has 2 nitrogen and oxygen atoms in total. The molecule has 0 amide bonds. The van der Waals surface area contributed by atoms with Crippen LogP contribution < -0.4 is 10.4 Å². The zero-order valence-corrected chi connectivity index (χ0v) is 44.8. The fourth-order valence-electron chi connectivity index (χ4n) is 11.8. The Morgan fingerprint density at radius 2 is 0.873 bits per heavy atom. The second kappa shape index (κ2) is 21.0. The third-order valence-electron chi connectivity index (χ3n) is 15.5. The van der Waals surface area contributed by atoms with Crippen molar-refractivity contribution in [3.05, 3.63) is 168 Å². The number of fused-ring (bicyclic) bond motifs is 6. The van der Waals surface area contributed by atoms with Crippen LogP contribution >= 0.6 is 22.7 Å². The molecule has 0 saturated carbocycles. The van der Waals surface area contributed by atoms with E-state index in [-0.39, 0.29) is 0 Å². The van der Waals surface area contributed by atoms with Gasteiger partial charge in [0.2, 0.25) is 0 Å². The lowest BCUT2D eigenvalue weighted by Crippen LogP contribution is -2.55. The topological polar surface area (TPSA) is 25.8 Å². The van der Waals surface area contributed by atoms with Gasteiger partial charge in [-0.05, 0) is 98.8 Å². The van der Waals surface area contributed by atoms with Gasteiger partial charge < -0.3 is 0 Å². The van der Waals surface area contributed by atoms with E-state index in [1.54, 1.807) is 10.4 Å². The number of aryl methyl sites for hydroxylation is 2. The first kappa shape index (κ1) is 47.3. The highest BCUT2D eigenvalue weighted by atomic mass is 32.1. The van der Waals surface area contributed by atoms with Gasteiger partial charge >= 0.3 is 0 Å². The lowest BCUT2D eigenvalue weighted by molar-refractivity contribution is 0.616. The standard InChI is InChI=1S/C66H66N2S2Si/c1-5-7-9-11-13-19-41-71(42-20-14-12-10-8-6-2)61-43-45(3)31-34-52(61)53-35-33-49(44-62(53)71)58-39-40-60(70-58)57-37-36-56(59-38-32-46(4)69-59)65-66(57)68-64(55-30-22-26-48-24-16-18-28-51(48)55)63(67-65)54-29-21-25-47-23-15-17-27-50(47)54/h15-18,21-40,43-44H,5-14,19-20,41-42H2,1-4H3. The largest absolute Gasteiger partial charge is 0.243 e. The summed E-state index contributed by atoms with van der Waals surface area (Å²) in [6, 6.07) is 62.2. The van der Waals surface area contributed by atoms with Gasteiger partial charge in [-0.1, -0.05) is 230 Å². The van der Waals surface area contributed by atoms with Gasteiger partial charge in [-0.2, -0.15) is 0 Å². The molecule has 3 aromatic heterocycles. The monoisotopic (exact) mass is 978 g/mol. The highest BCUT2D eigenvalue weighted by Crippen LogP contribution is 2.46. The van der Waals surface area contributed by atoms with Crippen molar-refractivity contribution in [1.29, 1.82) is 0 Å². The molecule has 356 valence electrons. The van der Waals surface area contributed by atoms with E-state index in [4.69, 9.17) is 9.97 Å². The number of thiophene rings is 2. The van der Waals surface area contributed by atoms with E-state index >= 15 is 0 Å². The molecule has 0 radical (unpaired) electrons. The summed E-state index contributed by atoms with van der Waals surface area (Å²) >= 11 is 3.73. The maximum absolute atomic E-state index is 5.88. The predicted octanol–water partition coefficient (Wildman–Crippen LogP) is 19.3. The van der Waals surface area contributed by atoms with E-state index in [0.717, 1.165) is 44.7 Å². The number of hydrogen-bond donors (Lipinski definition) is 0. The average molecular weight is 979 g/mol. The molecule has 0 saturated heterocycles. The van der Waals surface area contributed by atoms with E-state index in [1.165, 1.54) is 152 Å². The summed E-state index contributed by atoms with van der Waals surface area (Å²) in [5.41, 5.74) is 13.9. The van der Waals surface area contributed by atoms with Crippen LogP contribution in [0.2, 0.25) is 12.1 Å². The van der Waals surface area contributed by atoms with E-state index in [1.807, 2.05) is 22.7 Å². The SMILES string of the molecule is CCCCCCCC[Si]1(CCCCCCCC)c2cc(C)ccc2-c2ccc(-c3ccc(-c4ccc(-c5ccc(C)s5)c5nc(-c6cccc7ccccc67)c(-c6cccc7ccccc67)nc45)s3)cc21. The third-order valence-corrected chi connectivity index (χ3v) is 23.0. The lowest BCUT2D eigenvalue weighted by Gasteiger charge is -2.31. The normalized spacial score (nSPS) is 12.8. The maximum atomic E-state index is 5.88.